The molecule has 29 heavy (non-hydrogen) atoms. The number of hydrogen-bond acceptors (Lipinski definition) is 5. The number of benzene rings is 1. The normalized spacial score (nSPS) is 18.8. The number of para-hydroxylation sites is 1. The first kappa shape index (κ1) is 19.9. The topological polar surface area (TPSA) is 63.7 Å². The first-order valence-corrected chi connectivity index (χ1v) is 10.3. The number of carbonyl (C=O) groups is 1. The average molecular weight is 396 g/mol. The summed E-state index contributed by atoms with van der Waals surface area (Å²) in [5.74, 6) is 0.217. The second-order valence-corrected chi connectivity index (χ2v) is 8.75. The minimum Gasteiger partial charge on any atom is -0.347 e. The summed E-state index contributed by atoms with van der Waals surface area (Å²) in [5, 5.41) is 3.40. The number of likely N-dealkylation sites (tertiary alicyclic amines) is 1. The van der Waals surface area contributed by atoms with E-state index in [1.54, 1.807) is 12.3 Å². The molecule has 2 saturated heterocycles. The van der Waals surface area contributed by atoms with E-state index in [1.807, 2.05) is 29.2 Å². The lowest BCUT2D eigenvalue weighted by molar-refractivity contribution is -0.181. The Balaban J connectivity index is 1.48. The smallest absolute Gasteiger partial charge is 0.254 e. The van der Waals surface area contributed by atoms with E-state index in [9.17, 15) is 4.79 Å². The molecule has 0 atom stereocenters. The number of ether oxygens (including phenoxy) is 2. The van der Waals surface area contributed by atoms with Crippen LogP contribution in [0.15, 0.2) is 42.6 Å². The van der Waals surface area contributed by atoms with Crippen LogP contribution in [0.25, 0.3) is 0 Å². The Morgan fingerprint density at radius 2 is 1.79 bits per heavy atom. The van der Waals surface area contributed by atoms with E-state index in [1.165, 1.54) is 5.56 Å². The molecule has 0 aliphatic carbocycles. The fourth-order valence-electron chi connectivity index (χ4n) is 4.03. The zero-order chi connectivity index (χ0) is 20.5. The summed E-state index contributed by atoms with van der Waals surface area (Å²) in [6.45, 7) is 9.10. The Labute approximate surface area is 172 Å². The van der Waals surface area contributed by atoms with E-state index in [4.69, 9.17) is 9.47 Å². The fraction of sp³-hybridized carbons (Fsp3) is 0.478. The van der Waals surface area contributed by atoms with Crippen LogP contribution in [0, 0.1) is 0 Å². The van der Waals surface area contributed by atoms with Crippen LogP contribution in [0.3, 0.4) is 0 Å². The van der Waals surface area contributed by atoms with Crippen molar-refractivity contribution in [2.24, 2.45) is 0 Å². The van der Waals surface area contributed by atoms with Gasteiger partial charge in [-0.15, -0.1) is 0 Å². The minimum absolute atomic E-state index is 0.00512. The van der Waals surface area contributed by atoms with Crippen molar-refractivity contribution in [3.63, 3.8) is 0 Å². The average Bonchev–Trinajstić information content (AvgIpc) is 3.16. The van der Waals surface area contributed by atoms with Gasteiger partial charge in [-0.25, -0.2) is 4.98 Å². The minimum atomic E-state index is -0.474. The number of rotatable bonds is 3. The zero-order valence-electron chi connectivity index (χ0n) is 17.4. The summed E-state index contributed by atoms with van der Waals surface area (Å²) in [5.41, 5.74) is 2.86. The number of aromatic nitrogens is 1. The summed E-state index contributed by atoms with van der Waals surface area (Å²) in [4.78, 5) is 19.3. The second kappa shape index (κ2) is 7.76. The number of anilines is 2. The molecule has 2 aliphatic heterocycles. The van der Waals surface area contributed by atoms with Gasteiger partial charge in [-0.05, 0) is 29.2 Å². The highest BCUT2D eigenvalue weighted by atomic mass is 16.7. The molecule has 0 unspecified atom stereocenters. The third-order valence-corrected chi connectivity index (χ3v) is 5.63. The third kappa shape index (κ3) is 4.28. The van der Waals surface area contributed by atoms with Crippen LogP contribution in [0.5, 0.6) is 0 Å². The van der Waals surface area contributed by atoms with Crippen molar-refractivity contribution in [1.29, 1.82) is 0 Å². The molecule has 6 nitrogen and oxygen atoms in total. The van der Waals surface area contributed by atoms with Gasteiger partial charge in [0.2, 0.25) is 0 Å². The molecule has 0 saturated carbocycles. The molecule has 1 N–H and O–H groups in total. The van der Waals surface area contributed by atoms with Gasteiger partial charge in [0.15, 0.2) is 5.79 Å². The van der Waals surface area contributed by atoms with Crippen molar-refractivity contribution in [2.75, 3.05) is 31.6 Å². The molecule has 154 valence electrons. The van der Waals surface area contributed by atoms with Crippen LogP contribution in [-0.4, -0.2) is 47.9 Å². The number of nitrogens with one attached hydrogen (secondary N) is 1. The Morgan fingerprint density at radius 1 is 1.10 bits per heavy atom. The van der Waals surface area contributed by atoms with Crippen molar-refractivity contribution in [3.8, 4) is 0 Å². The van der Waals surface area contributed by atoms with Crippen molar-refractivity contribution in [3.05, 3.63) is 53.7 Å². The second-order valence-electron chi connectivity index (χ2n) is 8.75. The SMILES string of the molecule is CC(C)(C)c1ccccc1Nc1cc(C(=O)N2CCC3(CC2)OCCO3)ccn1. The molecular weight excluding hydrogens is 366 g/mol. The predicted molar refractivity (Wildman–Crippen MR) is 112 cm³/mol. The quantitative estimate of drug-likeness (QED) is 0.848. The van der Waals surface area contributed by atoms with Crippen LogP contribution in [0.1, 0.15) is 49.5 Å². The van der Waals surface area contributed by atoms with Crippen molar-refractivity contribution in [2.45, 2.75) is 44.8 Å². The van der Waals surface area contributed by atoms with Crippen LogP contribution in [0.2, 0.25) is 0 Å². The van der Waals surface area contributed by atoms with Crippen molar-refractivity contribution in [1.82, 2.24) is 9.88 Å². The van der Waals surface area contributed by atoms with Gasteiger partial charge < -0.3 is 19.7 Å². The molecular formula is C23H29N3O3. The Morgan fingerprint density at radius 3 is 2.48 bits per heavy atom. The monoisotopic (exact) mass is 395 g/mol. The molecule has 1 amide bonds. The summed E-state index contributed by atoms with van der Waals surface area (Å²) in [6, 6.07) is 11.8. The fourth-order valence-corrected chi connectivity index (χ4v) is 4.03. The lowest BCUT2D eigenvalue weighted by Crippen LogP contribution is -2.47. The van der Waals surface area contributed by atoms with E-state index < -0.39 is 5.79 Å². The molecule has 1 aromatic carbocycles. The molecule has 1 spiro atoms. The highest BCUT2D eigenvalue weighted by molar-refractivity contribution is 5.95. The number of amides is 1. The van der Waals surface area contributed by atoms with Gasteiger partial charge in [-0.1, -0.05) is 39.0 Å². The molecule has 2 fully saturated rings. The molecule has 6 heteroatoms. The number of pyridine rings is 1. The van der Waals surface area contributed by atoms with E-state index >= 15 is 0 Å². The largest absolute Gasteiger partial charge is 0.347 e. The summed E-state index contributed by atoms with van der Waals surface area (Å²) < 4.78 is 11.5. The van der Waals surface area contributed by atoms with E-state index in [0.717, 1.165) is 5.69 Å². The maximum absolute atomic E-state index is 13.0. The van der Waals surface area contributed by atoms with Crippen LogP contribution in [-0.2, 0) is 14.9 Å². The maximum atomic E-state index is 13.0. The van der Waals surface area contributed by atoms with E-state index in [-0.39, 0.29) is 11.3 Å². The zero-order valence-corrected chi connectivity index (χ0v) is 17.4. The number of piperidine rings is 1. The molecule has 1 aromatic heterocycles. The van der Waals surface area contributed by atoms with Gasteiger partial charge in [0.05, 0.1) is 13.2 Å². The molecule has 0 bridgehead atoms. The third-order valence-electron chi connectivity index (χ3n) is 5.63. The molecule has 2 aromatic rings. The van der Waals surface area contributed by atoms with E-state index in [2.05, 4.69) is 37.1 Å². The molecule has 4 rings (SSSR count). The van der Waals surface area contributed by atoms with Gasteiger partial charge >= 0.3 is 0 Å². The summed E-state index contributed by atoms with van der Waals surface area (Å²) >= 11 is 0. The van der Waals surface area contributed by atoms with Gasteiger partial charge in [0.25, 0.3) is 5.91 Å². The first-order valence-electron chi connectivity index (χ1n) is 10.3. The Bertz CT molecular complexity index is 875. The summed E-state index contributed by atoms with van der Waals surface area (Å²) in [6.07, 6.45) is 3.12. The lowest BCUT2D eigenvalue weighted by atomic mass is 9.86. The number of nitrogens with zero attached hydrogens (tertiary/aromatic N) is 2. The van der Waals surface area contributed by atoms with E-state index in [0.29, 0.717) is 50.5 Å². The highest BCUT2D eigenvalue weighted by Crippen LogP contribution is 2.33. The highest BCUT2D eigenvalue weighted by Gasteiger charge is 2.40. The van der Waals surface area contributed by atoms with Gasteiger partial charge in [0, 0.05) is 43.4 Å². The Kier molecular flexibility index (Phi) is 5.32. The lowest BCUT2D eigenvalue weighted by Gasteiger charge is -2.37. The molecule has 3 heterocycles. The number of carbonyl (C=O) groups excluding carboxylic acids is 1. The maximum Gasteiger partial charge on any atom is 0.254 e. The summed E-state index contributed by atoms with van der Waals surface area (Å²) in [7, 11) is 0. The molecule has 0 radical (unpaired) electrons. The Hall–Kier alpha value is -2.44. The first-order chi connectivity index (χ1) is 13.9. The van der Waals surface area contributed by atoms with Crippen LogP contribution >= 0.6 is 0 Å². The van der Waals surface area contributed by atoms with Gasteiger partial charge in [-0.3, -0.25) is 4.79 Å². The van der Waals surface area contributed by atoms with Gasteiger partial charge in [0.1, 0.15) is 5.82 Å². The van der Waals surface area contributed by atoms with Crippen LogP contribution in [0.4, 0.5) is 11.5 Å². The van der Waals surface area contributed by atoms with Crippen LogP contribution < -0.4 is 5.32 Å². The van der Waals surface area contributed by atoms with Crippen molar-refractivity contribution >= 4 is 17.4 Å². The number of hydrogen-bond donors (Lipinski definition) is 1. The molecule has 2 aliphatic rings. The standard InChI is InChI=1S/C23H29N3O3/c1-22(2,3)18-6-4-5-7-19(18)25-20-16-17(8-11-24-20)21(27)26-12-9-23(10-13-26)28-14-15-29-23/h4-8,11,16H,9-10,12-15H2,1-3H3,(H,24,25). The van der Waals surface area contributed by atoms with Gasteiger partial charge in [-0.2, -0.15) is 0 Å². The van der Waals surface area contributed by atoms with Crippen molar-refractivity contribution < 1.29 is 14.3 Å². The predicted octanol–water partition coefficient (Wildman–Crippen LogP) is 4.10.